The summed E-state index contributed by atoms with van der Waals surface area (Å²) in [7, 11) is 4.03. The first kappa shape index (κ1) is 11.0. The van der Waals surface area contributed by atoms with Crippen molar-refractivity contribution in [3.05, 3.63) is 0 Å². The molecule has 0 saturated heterocycles. The second-order valence-electron chi connectivity index (χ2n) is 4.75. The molecular formula is C10H21NO2. The number of hydrogen-bond acceptors (Lipinski definition) is 3. The Morgan fingerprint density at radius 2 is 2.00 bits per heavy atom. The third-order valence-corrected chi connectivity index (χ3v) is 2.96. The highest BCUT2D eigenvalue weighted by molar-refractivity contribution is 4.90. The van der Waals surface area contributed by atoms with Crippen molar-refractivity contribution in [3.63, 3.8) is 0 Å². The minimum atomic E-state index is -0.693. The Hall–Kier alpha value is -0.120. The van der Waals surface area contributed by atoms with Crippen LogP contribution in [0.25, 0.3) is 0 Å². The lowest BCUT2D eigenvalue weighted by molar-refractivity contribution is -0.0802. The number of hydrogen-bond donors (Lipinski definition) is 2. The average molecular weight is 187 g/mol. The summed E-state index contributed by atoms with van der Waals surface area (Å²) in [5, 5.41) is 19.5. The molecule has 0 aromatic heterocycles. The predicted octanol–water partition coefficient (Wildman–Crippen LogP) is 0.460. The Bertz CT molecular complexity index is 168. The van der Waals surface area contributed by atoms with Crippen molar-refractivity contribution in [1.82, 2.24) is 4.90 Å². The molecule has 1 fully saturated rings. The molecule has 0 bridgehead atoms. The third kappa shape index (κ3) is 2.93. The second kappa shape index (κ2) is 3.95. The van der Waals surface area contributed by atoms with E-state index >= 15 is 0 Å². The fraction of sp³-hybridized carbons (Fsp3) is 1.00. The molecule has 1 aliphatic carbocycles. The molecule has 3 nitrogen and oxygen atoms in total. The van der Waals surface area contributed by atoms with Crippen molar-refractivity contribution < 1.29 is 10.2 Å². The molecule has 0 radical (unpaired) electrons. The van der Waals surface area contributed by atoms with E-state index in [1.165, 1.54) is 0 Å². The molecule has 3 heteroatoms. The van der Waals surface area contributed by atoms with Crippen molar-refractivity contribution in [2.45, 2.75) is 37.9 Å². The van der Waals surface area contributed by atoms with E-state index in [9.17, 15) is 10.2 Å². The largest absolute Gasteiger partial charge is 0.393 e. The number of aliphatic hydroxyl groups excluding tert-OH is 1. The van der Waals surface area contributed by atoms with E-state index in [0.717, 1.165) is 19.4 Å². The van der Waals surface area contributed by atoms with Crippen LogP contribution in [0.5, 0.6) is 0 Å². The predicted molar refractivity (Wildman–Crippen MR) is 52.5 cm³/mol. The molecular weight excluding hydrogens is 166 g/mol. The summed E-state index contributed by atoms with van der Waals surface area (Å²) in [6.07, 6.45) is 1.96. The lowest BCUT2D eigenvalue weighted by Crippen LogP contribution is -2.46. The van der Waals surface area contributed by atoms with Crippen molar-refractivity contribution in [2.24, 2.45) is 5.92 Å². The molecule has 1 rings (SSSR count). The van der Waals surface area contributed by atoms with E-state index < -0.39 is 5.60 Å². The van der Waals surface area contributed by atoms with Gasteiger partial charge >= 0.3 is 0 Å². The summed E-state index contributed by atoms with van der Waals surface area (Å²) in [5.41, 5.74) is -0.693. The SMILES string of the molecule is CN(C)C[C@H]1CC[C@@H](O)C[C@@]1(C)O. The minimum Gasteiger partial charge on any atom is -0.393 e. The van der Waals surface area contributed by atoms with Gasteiger partial charge in [-0.25, -0.2) is 0 Å². The summed E-state index contributed by atoms with van der Waals surface area (Å²) in [6.45, 7) is 2.74. The molecule has 0 unspecified atom stereocenters. The van der Waals surface area contributed by atoms with E-state index in [4.69, 9.17) is 0 Å². The maximum absolute atomic E-state index is 10.1. The fourth-order valence-electron chi connectivity index (χ4n) is 2.18. The van der Waals surface area contributed by atoms with Crippen LogP contribution in [-0.4, -0.2) is 47.5 Å². The molecule has 0 aromatic rings. The Balaban J connectivity index is 2.54. The van der Waals surface area contributed by atoms with Crippen LogP contribution in [-0.2, 0) is 0 Å². The highest BCUT2D eigenvalue weighted by atomic mass is 16.3. The van der Waals surface area contributed by atoms with Gasteiger partial charge in [0.25, 0.3) is 0 Å². The summed E-state index contributed by atoms with van der Waals surface area (Å²) in [5.74, 6) is 0.297. The van der Waals surface area contributed by atoms with Crippen molar-refractivity contribution in [2.75, 3.05) is 20.6 Å². The van der Waals surface area contributed by atoms with Gasteiger partial charge in [0.05, 0.1) is 11.7 Å². The maximum atomic E-state index is 10.1. The van der Waals surface area contributed by atoms with Crippen molar-refractivity contribution >= 4 is 0 Å². The third-order valence-electron chi connectivity index (χ3n) is 2.96. The van der Waals surface area contributed by atoms with Crippen LogP contribution in [0.4, 0.5) is 0 Å². The topological polar surface area (TPSA) is 43.7 Å². The van der Waals surface area contributed by atoms with Gasteiger partial charge in [-0.3, -0.25) is 0 Å². The van der Waals surface area contributed by atoms with Gasteiger partial charge in [0.15, 0.2) is 0 Å². The van der Waals surface area contributed by atoms with E-state index in [-0.39, 0.29) is 6.10 Å². The Morgan fingerprint density at radius 1 is 1.38 bits per heavy atom. The molecule has 0 aromatic carbocycles. The van der Waals surface area contributed by atoms with Crippen LogP contribution in [0, 0.1) is 5.92 Å². The molecule has 78 valence electrons. The Morgan fingerprint density at radius 3 is 2.46 bits per heavy atom. The first-order valence-corrected chi connectivity index (χ1v) is 4.97. The molecule has 0 heterocycles. The highest BCUT2D eigenvalue weighted by Gasteiger charge is 2.38. The smallest absolute Gasteiger partial charge is 0.0684 e. The Kier molecular flexibility index (Phi) is 3.33. The standard InChI is InChI=1S/C10H21NO2/c1-10(13)6-9(12)5-4-8(10)7-11(2)3/h8-9,12-13H,4-7H2,1-3H3/t8-,9-,10-/m1/s1. The summed E-state index contributed by atoms with van der Waals surface area (Å²) in [4.78, 5) is 2.09. The van der Waals surface area contributed by atoms with E-state index in [1.807, 2.05) is 21.0 Å². The second-order valence-corrected chi connectivity index (χ2v) is 4.75. The Labute approximate surface area is 80.4 Å². The van der Waals surface area contributed by atoms with E-state index in [0.29, 0.717) is 12.3 Å². The quantitative estimate of drug-likeness (QED) is 0.660. The minimum absolute atomic E-state index is 0.297. The number of aliphatic hydroxyl groups is 2. The van der Waals surface area contributed by atoms with Gasteiger partial charge in [-0.05, 0) is 33.9 Å². The monoisotopic (exact) mass is 187 g/mol. The summed E-state index contributed by atoms with van der Waals surface area (Å²) in [6, 6.07) is 0. The zero-order valence-corrected chi connectivity index (χ0v) is 8.82. The fourth-order valence-corrected chi connectivity index (χ4v) is 2.18. The van der Waals surface area contributed by atoms with Crippen LogP contribution >= 0.6 is 0 Å². The molecule has 0 spiro atoms. The van der Waals surface area contributed by atoms with Crippen molar-refractivity contribution in [1.29, 1.82) is 0 Å². The maximum Gasteiger partial charge on any atom is 0.0684 e. The van der Waals surface area contributed by atoms with Crippen LogP contribution in [0.3, 0.4) is 0 Å². The molecule has 3 atom stereocenters. The number of nitrogens with zero attached hydrogens (tertiary/aromatic N) is 1. The van der Waals surface area contributed by atoms with Gasteiger partial charge in [0.1, 0.15) is 0 Å². The summed E-state index contributed by atoms with van der Waals surface area (Å²) >= 11 is 0. The molecule has 1 aliphatic rings. The van der Waals surface area contributed by atoms with Gasteiger partial charge in [-0.1, -0.05) is 0 Å². The lowest BCUT2D eigenvalue weighted by atomic mass is 9.75. The van der Waals surface area contributed by atoms with Crippen LogP contribution < -0.4 is 0 Å². The highest BCUT2D eigenvalue weighted by Crippen LogP contribution is 2.33. The first-order valence-electron chi connectivity index (χ1n) is 4.97. The lowest BCUT2D eigenvalue weighted by Gasteiger charge is -2.40. The molecule has 1 saturated carbocycles. The zero-order chi connectivity index (χ0) is 10.1. The van der Waals surface area contributed by atoms with Crippen LogP contribution in [0.2, 0.25) is 0 Å². The van der Waals surface area contributed by atoms with Gasteiger partial charge in [-0.15, -0.1) is 0 Å². The number of rotatable bonds is 2. The van der Waals surface area contributed by atoms with E-state index in [1.54, 1.807) is 0 Å². The van der Waals surface area contributed by atoms with Gasteiger partial charge in [0, 0.05) is 18.9 Å². The average Bonchev–Trinajstić information content (AvgIpc) is 1.93. The van der Waals surface area contributed by atoms with Crippen LogP contribution in [0.15, 0.2) is 0 Å². The summed E-state index contributed by atoms with van der Waals surface area (Å²) < 4.78 is 0. The zero-order valence-electron chi connectivity index (χ0n) is 8.82. The van der Waals surface area contributed by atoms with Gasteiger partial charge in [-0.2, -0.15) is 0 Å². The molecule has 2 N–H and O–H groups in total. The van der Waals surface area contributed by atoms with Gasteiger partial charge < -0.3 is 15.1 Å². The molecule has 13 heavy (non-hydrogen) atoms. The molecule has 0 amide bonds. The molecule has 0 aliphatic heterocycles. The van der Waals surface area contributed by atoms with Crippen molar-refractivity contribution in [3.8, 4) is 0 Å². The van der Waals surface area contributed by atoms with Gasteiger partial charge in [0.2, 0.25) is 0 Å². The normalized spacial score (nSPS) is 41.1. The van der Waals surface area contributed by atoms with Crippen LogP contribution in [0.1, 0.15) is 26.2 Å². The van der Waals surface area contributed by atoms with E-state index in [2.05, 4.69) is 4.90 Å². The first-order chi connectivity index (χ1) is 5.92.